The molecule has 0 aliphatic carbocycles. The summed E-state index contributed by atoms with van der Waals surface area (Å²) in [5.41, 5.74) is 16.2. The molecule has 5 heteroatoms. The van der Waals surface area contributed by atoms with Crippen LogP contribution in [0.15, 0.2) is 0 Å². The fourth-order valence-electron chi connectivity index (χ4n) is 1.13. The summed E-state index contributed by atoms with van der Waals surface area (Å²) < 4.78 is 5.13. The Hall–Kier alpha value is -0.650. The second-order valence-electron chi connectivity index (χ2n) is 4.71. The minimum atomic E-state index is -0.661. The van der Waals surface area contributed by atoms with E-state index in [-0.39, 0.29) is 6.04 Å². The standard InChI is InChI=1S/C10H23N3O2/c1-10(2,3)15-9(14)8(13)6-7(12)4-5-11/h7-8H,4-6,11-13H2,1-3H3. The summed E-state index contributed by atoms with van der Waals surface area (Å²) in [6.07, 6.45) is 1.07. The van der Waals surface area contributed by atoms with Gasteiger partial charge in [-0.1, -0.05) is 0 Å². The minimum absolute atomic E-state index is 0.141. The van der Waals surface area contributed by atoms with Crippen LogP contribution in [0.25, 0.3) is 0 Å². The summed E-state index contributed by atoms with van der Waals surface area (Å²) in [6, 6.07) is -0.803. The molecule has 0 saturated carbocycles. The van der Waals surface area contributed by atoms with E-state index in [0.717, 1.165) is 0 Å². The fourth-order valence-corrected chi connectivity index (χ4v) is 1.13. The van der Waals surface area contributed by atoms with Gasteiger partial charge >= 0.3 is 5.97 Å². The van der Waals surface area contributed by atoms with E-state index in [2.05, 4.69) is 0 Å². The Kier molecular flexibility index (Phi) is 5.79. The molecule has 0 fully saturated rings. The molecule has 0 rings (SSSR count). The molecule has 0 aliphatic rings. The zero-order valence-corrected chi connectivity index (χ0v) is 9.82. The first kappa shape index (κ1) is 14.3. The number of ether oxygens (including phenoxy) is 1. The lowest BCUT2D eigenvalue weighted by molar-refractivity contribution is -0.156. The second-order valence-corrected chi connectivity index (χ2v) is 4.71. The smallest absolute Gasteiger partial charge is 0.323 e. The van der Waals surface area contributed by atoms with Crippen LogP contribution in [-0.4, -0.2) is 30.2 Å². The van der Waals surface area contributed by atoms with Crippen LogP contribution in [0.1, 0.15) is 33.6 Å². The van der Waals surface area contributed by atoms with Crippen molar-refractivity contribution in [3.8, 4) is 0 Å². The normalized spacial score (nSPS) is 15.9. The van der Waals surface area contributed by atoms with Gasteiger partial charge in [0.15, 0.2) is 0 Å². The number of carbonyl (C=O) groups is 1. The third-order valence-corrected chi connectivity index (χ3v) is 1.80. The lowest BCUT2D eigenvalue weighted by Crippen LogP contribution is -2.41. The molecule has 5 nitrogen and oxygen atoms in total. The monoisotopic (exact) mass is 217 g/mol. The lowest BCUT2D eigenvalue weighted by atomic mass is 10.1. The highest BCUT2D eigenvalue weighted by Gasteiger charge is 2.23. The molecule has 0 spiro atoms. The van der Waals surface area contributed by atoms with Crippen LogP contribution in [0.4, 0.5) is 0 Å². The number of hydrogen-bond acceptors (Lipinski definition) is 5. The largest absolute Gasteiger partial charge is 0.459 e. The van der Waals surface area contributed by atoms with Gasteiger partial charge in [0.2, 0.25) is 0 Å². The van der Waals surface area contributed by atoms with Crippen LogP contribution in [0.3, 0.4) is 0 Å². The van der Waals surface area contributed by atoms with Crippen LogP contribution >= 0.6 is 0 Å². The van der Waals surface area contributed by atoms with E-state index in [9.17, 15) is 4.79 Å². The highest BCUT2D eigenvalue weighted by Crippen LogP contribution is 2.09. The van der Waals surface area contributed by atoms with Crippen molar-refractivity contribution in [3.05, 3.63) is 0 Å². The Morgan fingerprint density at radius 2 is 1.87 bits per heavy atom. The Bertz CT molecular complexity index is 201. The minimum Gasteiger partial charge on any atom is -0.459 e. The fraction of sp³-hybridized carbons (Fsp3) is 0.900. The molecular formula is C10H23N3O2. The number of rotatable bonds is 5. The Morgan fingerprint density at radius 1 is 1.33 bits per heavy atom. The molecule has 0 heterocycles. The van der Waals surface area contributed by atoms with Gasteiger partial charge in [-0.15, -0.1) is 0 Å². The maximum atomic E-state index is 11.5. The van der Waals surface area contributed by atoms with Gasteiger partial charge in [0, 0.05) is 6.04 Å². The molecule has 15 heavy (non-hydrogen) atoms. The van der Waals surface area contributed by atoms with Crippen molar-refractivity contribution in [1.82, 2.24) is 0 Å². The average Bonchev–Trinajstić information content (AvgIpc) is 2.00. The summed E-state index contributed by atoms with van der Waals surface area (Å²) in [7, 11) is 0. The molecule has 0 aliphatic heterocycles. The van der Waals surface area contributed by atoms with Gasteiger partial charge in [-0.05, 0) is 40.2 Å². The molecule has 90 valence electrons. The van der Waals surface area contributed by atoms with E-state index in [1.54, 1.807) is 20.8 Å². The number of esters is 1. The van der Waals surface area contributed by atoms with Crippen molar-refractivity contribution in [1.29, 1.82) is 0 Å². The molecular weight excluding hydrogens is 194 g/mol. The van der Waals surface area contributed by atoms with Crippen LogP contribution in [-0.2, 0) is 9.53 Å². The molecule has 0 aromatic carbocycles. The van der Waals surface area contributed by atoms with Gasteiger partial charge in [0.25, 0.3) is 0 Å². The highest BCUT2D eigenvalue weighted by atomic mass is 16.6. The van der Waals surface area contributed by atoms with Crippen LogP contribution in [0.5, 0.6) is 0 Å². The molecule has 0 aromatic heterocycles. The first-order valence-corrected chi connectivity index (χ1v) is 5.20. The van der Waals surface area contributed by atoms with Crippen molar-refractivity contribution < 1.29 is 9.53 Å². The van der Waals surface area contributed by atoms with E-state index >= 15 is 0 Å². The van der Waals surface area contributed by atoms with E-state index in [1.807, 2.05) is 0 Å². The van der Waals surface area contributed by atoms with Crippen molar-refractivity contribution in [2.45, 2.75) is 51.3 Å². The van der Waals surface area contributed by atoms with Crippen LogP contribution < -0.4 is 17.2 Å². The third-order valence-electron chi connectivity index (χ3n) is 1.80. The summed E-state index contributed by atoms with van der Waals surface area (Å²) >= 11 is 0. The van der Waals surface area contributed by atoms with Crippen LogP contribution in [0.2, 0.25) is 0 Å². The Morgan fingerprint density at radius 3 is 2.27 bits per heavy atom. The first-order chi connectivity index (χ1) is 6.76. The zero-order chi connectivity index (χ0) is 12.1. The SMILES string of the molecule is CC(C)(C)OC(=O)C(N)CC(N)CCN. The number of carbonyl (C=O) groups excluding carboxylic acids is 1. The molecule has 0 aromatic rings. The first-order valence-electron chi connectivity index (χ1n) is 5.20. The summed E-state index contributed by atoms with van der Waals surface area (Å²) in [4.78, 5) is 11.5. The van der Waals surface area contributed by atoms with Gasteiger partial charge in [-0.3, -0.25) is 4.79 Å². The molecule has 0 bridgehead atoms. The molecule has 0 saturated heterocycles. The third kappa shape index (κ3) is 7.30. The summed E-state index contributed by atoms with van der Waals surface area (Å²) in [6.45, 7) is 5.91. The van der Waals surface area contributed by atoms with E-state index < -0.39 is 17.6 Å². The maximum Gasteiger partial charge on any atom is 0.323 e. The topological polar surface area (TPSA) is 104 Å². The molecule has 6 N–H and O–H groups in total. The Balaban J connectivity index is 3.99. The quantitative estimate of drug-likeness (QED) is 0.549. The molecule has 0 radical (unpaired) electrons. The van der Waals surface area contributed by atoms with Gasteiger partial charge in [0.05, 0.1) is 0 Å². The average molecular weight is 217 g/mol. The van der Waals surface area contributed by atoms with Crippen molar-refractivity contribution in [2.75, 3.05) is 6.54 Å². The van der Waals surface area contributed by atoms with Gasteiger partial charge in [0.1, 0.15) is 11.6 Å². The van der Waals surface area contributed by atoms with E-state index in [0.29, 0.717) is 19.4 Å². The van der Waals surface area contributed by atoms with E-state index in [4.69, 9.17) is 21.9 Å². The predicted octanol–water partition coefficient (Wildman–Crippen LogP) is -0.278. The molecule has 2 atom stereocenters. The van der Waals surface area contributed by atoms with Gasteiger partial charge in [-0.25, -0.2) is 0 Å². The van der Waals surface area contributed by atoms with Crippen molar-refractivity contribution in [2.24, 2.45) is 17.2 Å². The van der Waals surface area contributed by atoms with Gasteiger partial charge in [-0.2, -0.15) is 0 Å². The predicted molar refractivity (Wildman–Crippen MR) is 60.1 cm³/mol. The van der Waals surface area contributed by atoms with Crippen LogP contribution in [0, 0.1) is 0 Å². The number of hydrogen-bond donors (Lipinski definition) is 3. The second kappa shape index (κ2) is 6.05. The molecule has 2 unspecified atom stereocenters. The summed E-state index contributed by atoms with van der Waals surface area (Å²) in [5.74, 6) is -0.407. The van der Waals surface area contributed by atoms with Gasteiger partial charge < -0.3 is 21.9 Å². The highest BCUT2D eigenvalue weighted by molar-refractivity contribution is 5.75. The maximum absolute atomic E-state index is 11.5. The summed E-state index contributed by atoms with van der Waals surface area (Å²) in [5, 5.41) is 0. The van der Waals surface area contributed by atoms with E-state index in [1.165, 1.54) is 0 Å². The zero-order valence-electron chi connectivity index (χ0n) is 9.82. The number of nitrogens with two attached hydrogens (primary N) is 3. The van der Waals surface area contributed by atoms with Crippen molar-refractivity contribution in [3.63, 3.8) is 0 Å². The Labute approximate surface area is 91.3 Å². The molecule has 0 amide bonds. The van der Waals surface area contributed by atoms with Crippen molar-refractivity contribution >= 4 is 5.97 Å². The lowest BCUT2D eigenvalue weighted by Gasteiger charge is -2.23.